The van der Waals surface area contributed by atoms with Crippen LogP contribution in [0, 0.1) is 5.82 Å². The van der Waals surface area contributed by atoms with Gasteiger partial charge in [-0.15, -0.1) is 0 Å². The minimum atomic E-state index is -0.299. The topological polar surface area (TPSA) is 38.8 Å². The van der Waals surface area contributed by atoms with Crippen LogP contribution in [0.4, 0.5) is 4.39 Å². The minimum absolute atomic E-state index is 0.251. The van der Waals surface area contributed by atoms with Gasteiger partial charge in [0, 0.05) is 7.05 Å². The van der Waals surface area contributed by atoms with Crippen LogP contribution in [0.3, 0.4) is 0 Å². The summed E-state index contributed by atoms with van der Waals surface area (Å²) in [4.78, 5) is 17.0. The third-order valence-electron chi connectivity index (χ3n) is 2.98. The number of ether oxygens (including phenoxy) is 1. The van der Waals surface area contributed by atoms with Gasteiger partial charge in [-0.05, 0) is 29.8 Å². The highest BCUT2D eigenvalue weighted by Crippen LogP contribution is 2.21. The molecule has 0 radical (unpaired) electrons. The largest absolute Gasteiger partial charge is 0.488 e. The van der Waals surface area contributed by atoms with E-state index in [0.717, 1.165) is 10.6 Å². The zero-order valence-corrected chi connectivity index (χ0v) is 11.9. The van der Waals surface area contributed by atoms with Gasteiger partial charge in [-0.2, -0.15) is 0 Å². The molecule has 0 fully saturated rings. The number of amides is 1. The van der Waals surface area contributed by atoms with Crippen molar-refractivity contribution in [1.29, 1.82) is 0 Å². The molecule has 0 aliphatic rings. The quantitative estimate of drug-likeness (QED) is 0.794. The Kier molecular flexibility index (Phi) is 4.90. The lowest BCUT2D eigenvalue weighted by Gasteiger charge is -2.16. The van der Waals surface area contributed by atoms with E-state index >= 15 is 0 Å². The summed E-state index contributed by atoms with van der Waals surface area (Å²) in [6.07, 6.45) is 0. The molecule has 0 aromatic heterocycles. The van der Waals surface area contributed by atoms with E-state index in [0.29, 0.717) is 11.3 Å². The van der Waals surface area contributed by atoms with Gasteiger partial charge >= 0.3 is 0 Å². The van der Waals surface area contributed by atoms with Crippen LogP contribution in [0.1, 0.15) is 15.9 Å². The Morgan fingerprint density at radius 2 is 1.81 bits per heavy atom. The van der Waals surface area contributed by atoms with Crippen LogP contribution in [-0.4, -0.2) is 25.1 Å². The molecule has 2 rings (SSSR count). The fourth-order valence-corrected chi connectivity index (χ4v) is 1.76. The molecule has 0 N–H and O–H groups in total. The van der Waals surface area contributed by atoms with Crippen molar-refractivity contribution in [3.05, 3.63) is 65.5 Å². The van der Waals surface area contributed by atoms with Crippen molar-refractivity contribution in [2.75, 3.05) is 14.2 Å². The molecule has 0 spiro atoms. The Hall–Kier alpha value is -2.40. The maximum absolute atomic E-state index is 12.8. The number of carbonyl (C=O) groups is 1. The van der Waals surface area contributed by atoms with Crippen LogP contribution < -0.4 is 4.74 Å². The highest BCUT2D eigenvalue weighted by molar-refractivity contribution is 5.96. The van der Waals surface area contributed by atoms with Crippen LogP contribution in [0.25, 0.3) is 0 Å². The number of rotatable bonds is 5. The second kappa shape index (κ2) is 6.85. The highest BCUT2D eigenvalue weighted by atomic mass is 19.1. The molecular weight excluding hydrogens is 273 g/mol. The van der Waals surface area contributed by atoms with Crippen molar-refractivity contribution in [2.45, 2.75) is 6.61 Å². The molecule has 2 aromatic carbocycles. The number of halogens is 1. The van der Waals surface area contributed by atoms with Gasteiger partial charge in [-0.25, -0.2) is 9.45 Å². The Labute approximate surface area is 122 Å². The Bertz CT molecular complexity index is 613. The predicted octanol–water partition coefficient (Wildman–Crippen LogP) is 3.04. The van der Waals surface area contributed by atoms with Crippen LogP contribution in [0.5, 0.6) is 5.75 Å². The van der Waals surface area contributed by atoms with E-state index in [4.69, 9.17) is 9.57 Å². The molecule has 0 aliphatic carbocycles. The lowest BCUT2D eigenvalue weighted by atomic mass is 10.2. The standard InChI is InChI=1S/C16H16FNO3/c1-18(20-2)16(19)14-5-3-4-6-15(14)21-11-12-7-9-13(17)10-8-12/h3-10H,11H2,1-2H3. The molecule has 0 saturated heterocycles. The average Bonchev–Trinajstić information content (AvgIpc) is 2.53. The van der Waals surface area contributed by atoms with Crippen molar-refractivity contribution in [3.63, 3.8) is 0 Å². The summed E-state index contributed by atoms with van der Waals surface area (Å²) in [7, 11) is 2.94. The first kappa shape index (κ1) is 15.0. The van der Waals surface area contributed by atoms with Gasteiger partial charge in [0.05, 0.1) is 12.7 Å². The van der Waals surface area contributed by atoms with Crippen molar-refractivity contribution in [2.24, 2.45) is 0 Å². The fraction of sp³-hybridized carbons (Fsp3) is 0.188. The summed E-state index contributed by atoms with van der Waals surface area (Å²) in [6.45, 7) is 0.251. The smallest absolute Gasteiger partial charge is 0.280 e. The molecule has 4 nitrogen and oxygen atoms in total. The first-order valence-corrected chi connectivity index (χ1v) is 6.40. The lowest BCUT2D eigenvalue weighted by Crippen LogP contribution is -2.25. The van der Waals surface area contributed by atoms with Crippen molar-refractivity contribution < 1.29 is 18.8 Å². The van der Waals surface area contributed by atoms with Crippen LogP contribution >= 0.6 is 0 Å². The van der Waals surface area contributed by atoms with Gasteiger partial charge in [0.1, 0.15) is 18.2 Å². The Morgan fingerprint density at radius 3 is 2.48 bits per heavy atom. The second-order valence-electron chi connectivity index (χ2n) is 4.40. The van der Waals surface area contributed by atoms with E-state index in [1.807, 2.05) is 0 Å². The highest BCUT2D eigenvalue weighted by Gasteiger charge is 2.16. The van der Waals surface area contributed by atoms with Gasteiger partial charge in [0.15, 0.2) is 0 Å². The number of benzene rings is 2. The third-order valence-corrected chi connectivity index (χ3v) is 2.98. The number of hydrogen-bond acceptors (Lipinski definition) is 3. The SMILES string of the molecule is CON(C)C(=O)c1ccccc1OCc1ccc(F)cc1. The summed E-state index contributed by atoms with van der Waals surface area (Å²) in [5, 5.41) is 1.13. The van der Waals surface area contributed by atoms with Gasteiger partial charge in [-0.1, -0.05) is 24.3 Å². The molecule has 5 heteroatoms. The maximum atomic E-state index is 12.8. The molecule has 0 unspecified atom stereocenters. The Balaban J connectivity index is 2.13. The third kappa shape index (κ3) is 3.79. The number of carbonyl (C=O) groups excluding carboxylic acids is 1. The summed E-state index contributed by atoms with van der Waals surface area (Å²) in [5.74, 6) is -0.140. The zero-order valence-electron chi connectivity index (χ0n) is 11.9. The number of nitrogens with zero attached hydrogens (tertiary/aromatic N) is 1. The molecule has 0 bridgehead atoms. The van der Waals surface area contributed by atoms with Crippen molar-refractivity contribution >= 4 is 5.91 Å². The molecule has 110 valence electrons. The maximum Gasteiger partial charge on any atom is 0.280 e. The lowest BCUT2D eigenvalue weighted by molar-refractivity contribution is -0.0758. The number of para-hydroxylation sites is 1. The predicted molar refractivity (Wildman–Crippen MR) is 76.3 cm³/mol. The number of hydrogen-bond donors (Lipinski definition) is 0. The Morgan fingerprint density at radius 1 is 1.14 bits per heavy atom. The van der Waals surface area contributed by atoms with Crippen LogP contribution in [-0.2, 0) is 11.4 Å². The summed E-state index contributed by atoms with van der Waals surface area (Å²) in [5.41, 5.74) is 1.22. The molecule has 1 amide bonds. The van der Waals surface area contributed by atoms with Crippen molar-refractivity contribution in [1.82, 2.24) is 5.06 Å². The van der Waals surface area contributed by atoms with E-state index < -0.39 is 0 Å². The normalized spacial score (nSPS) is 10.2. The summed E-state index contributed by atoms with van der Waals surface area (Å²) in [6, 6.07) is 12.9. The first-order valence-electron chi connectivity index (χ1n) is 6.40. The minimum Gasteiger partial charge on any atom is -0.488 e. The zero-order chi connectivity index (χ0) is 15.2. The molecule has 2 aromatic rings. The summed E-state index contributed by atoms with van der Waals surface area (Å²) < 4.78 is 18.5. The molecule has 21 heavy (non-hydrogen) atoms. The van der Waals surface area contributed by atoms with Crippen LogP contribution in [0.2, 0.25) is 0 Å². The molecule has 0 saturated carbocycles. The first-order chi connectivity index (χ1) is 10.1. The summed E-state index contributed by atoms with van der Waals surface area (Å²) >= 11 is 0. The van der Waals surface area contributed by atoms with Gasteiger partial charge in [-0.3, -0.25) is 9.63 Å². The van der Waals surface area contributed by atoms with Crippen LogP contribution in [0.15, 0.2) is 48.5 Å². The molecule has 0 aliphatic heterocycles. The van der Waals surface area contributed by atoms with Crippen molar-refractivity contribution in [3.8, 4) is 5.75 Å². The molecular formula is C16H16FNO3. The second-order valence-corrected chi connectivity index (χ2v) is 4.40. The fourth-order valence-electron chi connectivity index (χ4n) is 1.76. The molecule has 0 heterocycles. The monoisotopic (exact) mass is 289 g/mol. The number of hydroxylamine groups is 2. The average molecular weight is 289 g/mol. The van der Waals surface area contributed by atoms with E-state index in [-0.39, 0.29) is 18.3 Å². The van der Waals surface area contributed by atoms with E-state index in [2.05, 4.69) is 0 Å². The van der Waals surface area contributed by atoms with E-state index in [1.165, 1.54) is 26.3 Å². The molecule has 0 atom stereocenters. The van der Waals surface area contributed by atoms with Gasteiger partial charge in [0.2, 0.25) is 0 Å². The van der Waals surface area contributed by atoms with Gasteiger partial charge in [0.25, 0.3) is 5.91 Å². The van der Waals surface area contributed by atoms with E-state index in [1.54, 1.807) is 36.4 Å². The van der Waals surface area contributed by atoms with E-state index in [9.17, 15) is 9.18 Å². The van der Waals surface area contributed by atoms with Gasteiger partial charge < -0.3 is 4.74 Å².